The molecule has 2 heterocycles. The first-order valence-corrected chi connectivity index (χ1v) is 9.37. The van der Waals surface area contributed by atoms with Crippen LogP contribution in [0.5, 0.6) is 0 Å². The van der Waals surface area contributed by atoms with E-state index in [1.54, 1.807) is 12.1 Å². The number of carbonyl (C=O) groups excluding carboxylic acids is 2. The number of para-hydroxylation sites is 1. The molecule has 1 N–H and O–H groups in total. The molecule has 1 aliphatic heterocycles. The summed E-state index contributed by atoms with van der Waals surface area (Å²) in [6.07, 6.45) is 2.44. The molecule has 1 aliphatic rings. The molecule has 1 aromatic heterocycles. The van der Waals surface area contributed by atoms with E-state index in [9.17, 15) is 9.59 Å². The fraction of sp³-hybridized carbons (Fsp3) is 0.227. The molecule has 1 amide bonds. The van der Waals surface area contributed by atoms with Crippen LogP contribution in [0, 0.1) is 0 Å². The van der Waals surface area contributed by atoms with E-state index in [0.717, 1.165) is 24.2 Å². The van der Waals surface area contributed by atoms with Crippen molar-refractivity contribution >= 4 is 34.2 Å². The van der Waals surface area contributed by atoms with Crippen LogP contribution in [-0.4, -0.2) is 36.6 Å². The van der Waals surface area contributed by atoms with Gasteiger partial charge in [-0.2, -0.15) is 0 Å². The Morgan fingerprint density at radius 3 is 2.50 bits per heavy atom. The summed E-state index contributed by atoms with van der Waals surface area (Å²) in [4.78, 5) is 30.8. The lowest BCUT2D eigenvalue weighted by molar-refractivity contribution is -0.119. The van der Waals surface area contributed by atoms with Crippen molar-refractivity contribution in [1.29, 1.82) is 0 Å². The van der Waals surface area contributed by atoms with Crippen LogP contribution in [0.25, 0.3) is 10.9 Å². The first kappa shape index (κ1) is 18.0. The van der Waals surface area contributed by atoms with Crippen molar-refractivity contribution in [1.82, 2.24) is 4.98 Å². The molecule has 6 heteroatoms. The first-order valence-electron chi connectivity index (χ1n) is 9.37. The quantitative estimate of drug-likeness (QED) is 0.690. The number of benzene rings is 2. The van der Waals surface area contributed by atoms with Crippen molar-refractivity contribution in [2.24, 2.45) is 0 Å². The van der Waals surface area contributed by atoms with Crippen LogP contribution < -0.4 is 10.2 Å². The van der Waals surface area contributed by atoms with Gasteiger partial charge in [0, 0.05) is 29.9 Å². The molecule has 1 saturated heterocycles. The maximum atomic E-state index is 12.2. The van der Waals surface area contributed by atoms with Crippen molar-refractivity contribution < 1.29 is 14.3 Å². The summed E-state index contributed by atoms with van der Waals surface area (Å²) in [5, 5.41) is 3.68. The minimum atomic E-state index is -0.620. The van der Waals surface area contributed by atoms with E-state index in [4.69, 9.17) is 4.74 Å². The number of aromatic nitrogens is 1. The zero-order chi connectivity index (χ0) is 19.3. The third kappa shape index (κ3) is 4.11. The van der Waals surface area contributed by atoms with Gasteiger partial charge in [0.1, 0.15) is 5.69 Å². The molecule has 1 fully saturated rings. The zero-order valence-electron chi connectivity index (χ0n) is 15.4. The van der Waals surface area contributed by atoms with E-state index in [0.29, 0.717) is 11.2 Å². The number of esters is 1. The number of ether oxygens (including phenoxy) is 1. The molecule has 4 rings (SSSR count). The number of fused-ring (bicyclic) bond motifs is 1. The van der Waals surface area contributed by atoms with Gasteiger partial charge in [0.25, 0.3) is 5.91 Å². The minimum absolute atomic E-state index is 0.182. The van der Waals surface area contributed by atoms with Gasteiger partial charge in [0.05, 0.1) is 5.52 Å². The average Bonchev–Trinajstić information content (AvgIpc) is 3.27. The van der Waals surface area contributed by atoms with Crippen molar-refractivity contribution in [2.75, 3.05) is 29.9 Å². The van der Waals surface area contributed by atoms with E-state index < -0.39 is 5.97 Å². The lowest BCUT2D eigenvalue weighted by Crippen LogP contribution is -2.21. The molecule has 0 spiro atoms. The summed E-state index contributed by atoms with van der Waals surface area (Å²) < 4.78 is 5.09. The van der Waals surface area contributed by atoms with Crippen LogP contribution in [0.1, 0.15) is 23.3 Å². The van der Waals surface area contributed by atoms with Gasteiger partial charge in [-0.05, 0) is 49.2 Å². The normalized spacial score (nSPS) is 13.5. The Morgan fingerprint density at radius 2 is 1.71 bits per heavy atom. The Hall–Kier alpha value is -3.41. The second-order valence-electron chi connectivity index (χ2n) is 6.75. The average molecular weight is 375 g/mol. The molecule has 0 bridgehead atoms. The molecular weight excluding hydrogens is 354 g/mol. The molecule has 6 nitrogen and oxygen atoms in total. The number of amides is 1. The van der Waals surface area contributed by atoms with Gasteiger partial charge in [0.15, 0.2) is 6.61 Å². The summed E-state index contributed by atoms with van der Waals surface area (Å²) >= 11 is 0. The zero-order valence-corrected chi connectivity index (χ0v) is 15.4. The second kappa shape index (κ2) is 8.08. The molecule has 28 heavy (non-hydrogen) atoms. The summed E-state index contributed by atoms with van der Waals surface area (Å²) in [7, 11) is 0. The van der Waals surface area contributed by atoms with Gasteiger partial charge in [-0.15, -0.1) is 0 Å². The number of rotatable bonds is 5. The topological polar surface area (TPSA) is 71.5 Å². The van der Waals surface area contributed by atoms with Gasteiger partial charge in [-0.25, -0.2) is 9.78 Å². The highest BCUT2D eigenvalue weighted by Gasteiger charge is 2.14. The highest BCUT2D eigenvalue weighted by molar-refractivity contribution is 5.95. The summed E-state index contributed by atoms with van der Waals surface area (Å²) in [6, 6.07) is 18.6. The maximum absolute atomic E-state index is 12.2. The minimum Gasteiger partial charge on any atom is -0.451 e. The van der Waals surface area contributed by atoms with Crippen molar-refractivity contribution in [3.05, 3.63) is 66.4 Å². The van der Waals surface area contributed by atoms with Gasteiger partial charge >= 0.3 is 5.97 Å². The van der Waals surface area contributed by atoms with E-state index in [1.165, 1.54) is 12.8 Å². The summed E-state index contributed by atoms with van der Waals surface area (Å²) in [5.74, 6) is -1.01. The molecular formula is C22H21N3O3. The number of hydrogen-bond acceptors (Lipinski definition) is 5. The second-order valence-corrected chi connectivity index (χ2v) is 6.75. The Balaban J connectivity index is 1.31. The number of nitrogens with zero attached hydrogens (tertiary/aromatic N) is 2. The van der Waals surface area contributed by atoms with Crippen LogP contribution in [0.2, 0.25) is 0 Å². The molecule has 0 atom stereocenters. The lowest BCUT2D eigenvalue weighted by Gasteiger charge is -2.17. The SMILES string of the molecule is O=C(COC(=O)c1ccc2ccccc2n1)Nc1ccc(N2CCCC2)cc1. The number of carbonyl (C=O) groups is 2. The molecule has 142 valence electrons. The largest absolute Gasteiger partial charge is 0.451 e. The third-order valence-corrected chi connectivity index (χ3v) is 4.76. The molecule has 2 aromatic carbocycles. The lowest BCUT2D eigenvalue weighted by atomic mass is 10.2. The predicted octanol–water partition coefficient (Wildman–Crippen LogP) is 3.63. The number of pyridine rings is 1. The molecule has 0 unspecified atom stereocenters. The van der Waals surface area contributed by atoms with E-state index in [1.807, 2.05) is 48.5 Å². The van der Waals surface area contributed by atoms with Crippen LogP contribution in [0.4, 0.5) is 11.4 Å². The van der Waals surface area contributed by atoms with Crippen molar-refractivity contribution in [3.63, 3.8) is 0 Å². The Labute approximate surface area is 163 Å². The van der Waals surface area contributed by atoms with Crippen LogP contribution >= 0.6 is 0 Å². The van der Waals surface area contributed by atoms with E-state index in [2.05, 4.69) is 15.2 Å². The van der Waals surface area contributed by atoms with Crippen molar-refractivity contribution in [2.45, 2.75) is 12.8 Å². The van der Waals surface area contributed by atoms with Gasteiger partial charge in [-0.3, -0.25) is 4.79 Å². The van der Waals surface area contributed by atoms with E-state index >= 15 is 0 Å². The van der Waals surface area contributed by atoms with Gasteiger partial charge in [0.2, 0.25) is 0 Å². The first-order chi connectivity index (χ1) is 13.7. The standard InChI is InChI=1S/C22H21N3O3/c26-21(23-17-8-10-18(11-9-17)25-13-3-4-14-25)15-28-22(27)20-12-7-16-5-1-2-6-19(16)24-20/h1-2,5-12H,3-4,13-15H2,(H,23,26). The monoisotopic (exact) mass is 375 g/mol. The summed E-state index contributed by atoms with van der Waals surface area (Å²) in [5.41, 5.74) is 2.72. The highest BCUT2D eigenvalue weighted by Crippen LogP contribution is 2.22. The molecule has 0 saturated carbocycles. The number of nitrogens with one attached hydrogen (secondary N) is 1. The Bertz CT molecular complexity index is 995. The van der Waals surface area contributed by atoms with Gasteiger partial charge in [-0.1, -0.05) is 24.3 Å². The van der Waals surface area contributed by atoms with E-state index in [-0.39, 0.29) is 18.2 Å². The maximum Gasteiger partial charge on any atom is 0.357 e. The molecule has 0 radical (unpaired) electrons. The molecule has 0 aliphatic carbocycles. The number of anilines is 2. The Morgan fingerprint density at radius 1 is 0.964 bits per heavy atom. The summed E-state index contributed by atoms with van der Waals surface area (Å²) in [6.45, 7) is 1.79. The predicted molar refractivity (Wildman–Crippen MR) is 109 cm³/mol. The molecule has 3 aromatic rings. The van der Waals surface area contributed by atoms with Crippen molar-refractivity contribution in [3.8, 4) is 0 Å². The third-order valence-electron chi connectivity index (χ3n) is 4.76. The van der Waals surface area contributed by atoms with Crippen LogP contribution in [-0.2, 0) is 9.53 Å². The smallest absolute Gasteiger partial charge is 0.357 e. The van der Waals surface area contributed by atoms with Crippen LogP contribution in [0.3, 0.4) is 0 Å². The van der Waals surface area contributed by atoms with Crippen LogP contribution in [0.15, 0.2) is 60.7 Å². The highest BCUT2D eigenvalue weighted by atomic mass is 16.5. The van der Waals surface area contributed by atoms with Gasteiger partial charge < -0.3 is 15.0 Å². The Kier molecular flexibility index (Phi) is 5.19. The fourth-order valence-corrected chi connectivity index (χ4v) is 3.31. The fourth-order valence-electron chi connectivity index (χ4n) is 3.31. The number of hydrogen-bond donors (Lipinski definition) is 1.